The quantitative estimate of drug-likeness (QED) is 0.0280. The number of ether oxygens (including phenoxy) is 10. The van der Waals surface area contributed by atoms with Crippen LogP contribution in [-0.4, -0.2) is 316 Å². The summed E-state index contributed by atoms with van der Waals surface area (Å²) in [6.07, 6.45) is -31.3. The predicted octanol–water partition coefficient (Wildman–Crippen LogP) is -4.33. The van der Waals surface area contributed by atoms with Gasteiger partial charge in [0, 0.05) is 31.4 Å². The molecule has 0 bridgehead atoms. The highest BCUT2D eigenvalue weighted by molar-refractivity contribution is 7.17. The van der Waals surface area contributed by atoms with E-state index >= 15 is 0 Å². The first-order valence-electron chi connectivity index (χ1n) is 35.5. The lowest BCUT2D eigenvalue weighted by atomic mass is 9.88. The van der Waals surface area contributed by atoms with E-state index in [1.165, 1.54) is 75.2 Å². The van der Waals surface area contributed by atoms with Crippen molar-refractivity contribution in [1.29, 1.82) is 0 Å². The monoisotopic (exact) mass is 1510 g/mol. The number of carbonyl (C=O) groups is 4. The smallest absolute Gasteiger partial charge is 0.220 e. The van der Waals surface area contributed by atoms with Gasteiger partial charge in [-0.25, -0.2) is 0 Å². The number of benzene rings is 1. The van der Waals surface area contributed by atoms with Gasteiger partial charge in [0.15, 0.2) is 25.2 Å². The van der Waals surface area contributed by atoms with Gasteiger partial charge in [-0.2, -0.15) is 0 Å². The molecule has 35 nitrogen and oxygen atoms in total. The lowest BCUT2D eigenvalue weighted by Crippen LogP contribution is -2.73. The summed E-state index contributed by atoms with van der Waals surface area (Å²) in [5.41, 5.74) is 0.773. The number of amides is 3. The summed E-state index contributed by atoms with van der Waals surface area (Å²) in [4.78, 5) is 52.8. The molecule has 6 heterocycles. The number of carboxylic acids is 1. The van der Waals surface area contributed by atoms with Gasteiger partial charge in [-0.15, -0.1) is 11.3 Å². The van der Waals surface area contributed by atoms with Gasteiger partial charge in [0.05, 0.1) is 63.9 Å². The molecule has 0 radical (unpaired) electrons. The molecule has 5 fully saturated rings. The fraction of sp³-hybridized carbons (Fsp3) is 0.794. The minimum atomic E-state index is -3.50. The summed E-state index contributed by atoms with van der Waals surface area (Å²) in [6, 6.07) is 2.65. The van der Waals surface area contributed by atoms with Crippen LogP contribution in [0.5, 0.6) is 0 Å². The van der Waals surface area contributed by atoms with E-state index in [1.54, 1.807) is 6.08 Å². The molecular formula is C68H112N4O31S. The Morgan fingerprint density at radius 3 is 1.70 bits per heavy atom. The summed E-state index contributed by atoms with van der Waals surface area (Å²) in [5.74, 6) is -8.16. The zero-order valence-corrected chi connectivity index (χ0v) is 59.9. The van der Waals surface area contributed by atoms with Crippen LogP contribution in [0.3, 0.4) is 0 Å². The highest BCUT2D eigenvalue weighted by atomic mass is 32.1. The van der Waals surface area contributed by atoms with E-state index < -0.39 is 241 Å². The predicted molar refractivity (Wildman–Crippen MR) is 362 cm³/mol. The first kappa shape index (κ1) is 88.6. The van der Waals surface area contributed by atoms with Crippen LogP contribution >= 0.6 is 11.3 Å². The van der Waals surface area contributed by atoms with Crippen LogP contribution < -0.4 is 27.2 Å². The molecule has 23 N–H and O–H groups in total. The van der Waals surface area contributed by atoms with E-state index in [-0.39, 0.29) is 12.6 Å². The molecule has 28 atom stereocenters. The van der Waals surface area contributed by atoms with Crippen molar-refractivity contribution in [2.75, 3.05) is 39.6 Å². The zero-order chi connectivity index (χ0) is 75.2. The Balaban J connectivity index is 0.0000170. The molecule has 1 aromatic carbocycles. The van der Waals surface area contributed by atoms with Gasteiger partial charge in [-0.3, -0.25) is 14.4 Å². The molecule has 3 amide bonds. The standard InChI is InChI=1S/C68H109N3O31S.H3N/c1-4-5-6-7-8-9-10-11-12-13-14-15-16-17-18-23-47(82)71-38(39(79)25-24-36-33-103-46-22-20-19-21-37(36)46)32-93-64-56(89)54(87)58(44(30-75)96-64)98-66-57(90)62(102-68(67(91)92)26-40(80)48(69-34(2)77)61(101-68)50(83)41(81)27-72)59(45(31-76)97-66)99-63-49(70-35(3)78)60(52(85)43(29-74)94-63)100-65-55(88)53(86)51(84)42(28-73)95-65;/h19-22,24-25,33,38-45,48-66,72-76,79-81,83-90H,4-18,23,26-32H2,1-3H3,(H,69,77)(H,70,78)(H,71,82)(H,91,92);1H3/b25-24+;/t38-,39+,40-,41+,42+,43+,44+,45+,48?,49+,50+,51-,52-,53-,54+,55+,56+,57+,58+,59-,60+,61?,62+,63-,64+,65-,66-,68-;/m0./s1. The molecule has 5 saturated heterocycles. The van der Waals surface area contributed by atoms with Crippen molar-refractivity contribution >= 4 is 51.2 Å². The van der Waals surface area contributed by atoms with Gasteiger partial charge >= 0.3 is 0 Å². The number of aliphatic hydroxyl groups is 16. The number of carbonyl (C=O) groups excluding carboxylic acids is 4. The Bertz CT molecular complexity index is 2910. The molecule has 0 saturated carbocycles. The average Bonchev–Trinajstić information content (AvgIpc) is 0.837. The third kappa shape index (κ3) is 23.4. The number of hydrogen-bond donors (Lipinski definition) is 20. The number of fused-ring (bicyclic) bond motifs is 1. The van der Waals surface area contributed by atoms with E-state index in [4.69, 9.17) is 47.4 Å². The average molecular weight is 1510 g/mol. The number of aliphatic hydroxyl groups excluding tert-OH is 16. The maximum absolute atomic E-state index is 13.7. The molecular weight excluding hydrogens is 1400 g/mol. The van der Waals surface area contributed by atoms with Crippen molar-refractivity contribution in [1.82, 2.24) is 22.1 Å². The van der Waals surface area contributed by atoms with Gasteiger partial charge < -0.3 is 161 Å². The van der Waals surface area contributed by atoms with Crippen molar-refractivity contribution < 1.29 is 153 Å². The normalized spacial score (nSPS) is 35.2. The van der Waals surface area contributed by atoms with E-state index in [0.717, 1.165) is 61.6 Å². The zero-order valence-electron chi connectivity index (χ0n) is 59.1. The van der Waals surface area contributed by atoms with Crippen LogP contribution in [-0.2, 0) is 66.5 Å². The van der Waals surface area contributed by atoms with Gasteiger partial charge in [-0.05, 0) is 28.8 Å². The van der Waals surface area contributed by atoms with Gasteiger partial charge in [-0.1, -0.05) is 127 Å². The lowest BCUT2D eigenvalue weighted by molar-refractivity contribution is -0.421. The van der Waals surface area contributed by atoms with Crippen molar-refractivity contribution in [2.45, 2.75) is 301 Å². The van der Waals surface area contributed by atoms with Crippen LogP contribution in [0.4, 0.5) is 0 Å². The number of aliphatic carboxylic acids is 1. The molecule has 2 unspecified atom stereocenters. The number of carboxylic acid groups (broad SMARTS) is 1. The molecule has 1 aromatic heterocycles. The highest BCUT2D eigenvalue weighted by Crippen LogP contribution is 2.41. The van der Waals surface area contributed by atoms with Gasteiger partial charge in [0.2, 0.25) is 23.5 Å². The Hall–Kier alpha value is -4.28. The Morgan fingerprint density at radius 2 is 1.12 bits per heavy atom. The van der Waals surface area contributed by atoms with E-state index in [0.29, 0.717) is 6.42 Å². The SMILES string of the molecule is CCCCCCCCCCCCCCCCCC(=O)N[C@@H](CO[C@@H]1O[C@H](CO)[C@@H](O[C@@H]2O[C@H](CO)[C@H](O[C@@H]3O[C@H](CO)[C@H](O)[C@H](O[C@@H]4O[C@H](CO)[C@H](O)[C@H](O)[C@H]4O)[C@H]3NC(C)=O)[C@H](O[C@]3(C(=O)[O-])C[C@H](O)C(NC(C)=O)C([C@H](O)[C@H](O)CO)O3)[C@H]2O)[C@H](O)[C@H]1O)[C@H](O)/C=C/c1csc2ccccc12.[NH4+]. The largest absolute Gasteiger partial charge is 0.544 e. The third-order valence-electron chi connectivity index (χ3n) is 19.2. The summed E-state index contributed by atoms with van der Waals surface area (Å²) >= 11 is 1.48. The molecule has 0 spiro atoms. The Morgan fingerprint density at radius 1 is 0.606 bits per heavy atom. The van der Waals surface area contributed by atoms with E-state index in [1.807, 2.05) is 29.6 Å². The molecule has 596 valence electrons. The highest BCUT2D eigenvalue weighted by Gasteiger charge is 2.61. The van der Waals surface area contributed by atoms with Gasteiger partial charge in [0.25, 0.3) is 0 Å². The number of thiophene rings is 1. The van der Waals surface area contributed by atoms with Crippen molar-refractivity contribution in [3.8, 4) is 0 Å². The van der Waals surface area contributed by atoms with Crippen LogP contribution in [0.1, 0.15) is 135 Å². The maximum Gasteiger partial charge on any atom is 0.220 e. The van der Waals surface area contributed by atoms with Crippen molar-refractivity contribution in [2.24, 2.45) is 0 Å². The second-order valence-corrected chi connectivity index (χ2v) is 28.0. The van der Waals surface area contributed by atoms with Crippen LogP contribution in [0.15, 0.2) is 35.7 Å². The molecule has 104 heavy (non-hydrogen) atoms. The van der Waals surface area contributed by atoms with Crippen LogP contribution in [0.25, 0.3) is 16.2 Å². The summed E-state index contributed by atoms with van der Waals surface area (Å²) in [5, 5.41) is 202. The van der Waals surface area contributed by atoms with Crippen LogP contribution in [0, 0.1) is 0 Å². The topological polar surface area (TPSA) is 580 Å². The lowest BCUT2D eigenvalue weighted by Gasteiger charge is -2.54. The number of unbranched alkanes of at least 4 members (excludes halogenated alkanes) is 14. The second kappa shape index (κ2) is 43.2. The maximum atomic E-state index is 13.7. The number of quaternary nitrogens is 1. The third-order valence-corrected chi connectivity index (χ3v) is 20.2. The number of hydrogen-bond acceptors (Lipinski definition) is 32. The summed E-state index contributed by atoms with van der Waals surface area (Å²) in [6.45, 7) is -2.07. The van der Waals surface area contributed by atoms with Crippen molar-refractivity contribution in [3.63, 3.8) is 0 Å². The Labute approximate surface area is 606 Å². The summed E-state index contributed by atoms with van der Waals surface area (Å²) < 4.78 is 60.7. The fourth-order valence-electron chi connectivity index (χ4n) is 13.5. The fourth-order valence-corrected chi connectivity index (χ4v) is 14.4. The minimum Gasteiger partial charge on any atom is -0.544 e. The molecule has 2 aromatic rings. The minimum absolute atomic E-state index is 0. The molecule has 5 aliphatic rings. The summed E-state index contributed by atoms with van der Waals surface area (Å²) in [7, 11) is 0. The molecule has 5 aliphatic heterocycles. The van der Waals surface area contributed by atoms with Crippen molar-refractivity contribution in [3.05, 3.63) is 41.3 Å². The first-order valence-corrected chi connectivity index (χ1v) is 36.4. The van der Waals surface area contributed by atoms with Gasteiger partial charge in [0.1, 0.15) is 122 Å². The van der Waals surface area contributed by atoms with E-state index in [2.05, 4.69) is 22.9 Å². The van der Waals surface area contributed by atoms with Crippen LogP contribution in [0.2, 0.25) is 0 Å². The van der Waals surface area contributed by atoms with E-state index in [9.17, 15) is 106 Å². The molecule has 7 rings (SSSR count). The number of nitrogens with one attached hydrogen (secondary N) is 3. The Kier molecular flexibility index (Phi) is 36.8. The second-order valence-electron chi connectivity index (χ2n) is 27.1. The first-order chi connectivity index (χ1) is 49.3. The molecule has 36 heteroatoms. The number of rotatable bonds is 41. The molecule has 0 aliphatic carbocycles.